The molecule has 31 heavy (non-hydrogen) atoms. The summed E-state index contributed by atoms with van der Waals surface area (Å²) in [5.74, 6) is 0.159. The first-order valence-corrected chi connectivity index (χ1v) is 9.97. The molecule has 0 bridgehead atoms. The zero-order valence-corrected chi connectivity index (χ0v) is 17.4. The van der Waals surface area contributed by atoms with Crippen LogP contribution in [-0.4, -0.2) is 52.5 Å². The third-order valence-corrected chi connectivity index (χ3v) is 4.98. The average molecular weight is 426 g/mol. The topological polar surface area (TPSA) is 146 Å². The summed E-state index contributed by atoms with van der Waals surface area (Å²) in [4.78, 5) is 36.6. The molecule has 1 fully saturated rings. The first-order valence-electron chi connectivity index (χ1n) is 9.97. The van der Waals surface area contributed by atoms with E-state index in [0.29, 0.717) is 18.5 Å². The number of piperidine rings is 1. The number of rotatable bonds is 6. The van der Waals surface area contributed by atoms with Crippen LogP contribution in [0.1, 0.15) is 25.3 Å². The van der Waals surface area contributed by atoms with Crippen molar-refractivity contribution in [1.82, 2.24) is 14.9 Å². The molecule has 0 saturated carbocycles. The van der Waals surface area contributed by atoms with Gasteiger partial charge in [-0.05, 0) is 36.0 Å². The third-order valence-electron chi connectivity index (χ3n) is 4.98. The Morgan fingerprint density at radius 3 is 2.52 bits per heavy atom. The molecule has 1 aliphatic rings. The molecule has 164 valence electrons. The third kappa shape index (κ3) is 6.66. The standard InChI is InChI=1S/C21H26N6O4/c1-14(28)27-7-5-15(6-8-27)12-30-20-24-10-18(11-25-20)17-4-2-3-16(9-17)13-31-21(29)26-19(22)23/h2-4,9-11,15H,5-8,12-13H2,1H3,(H4,22,23,26,29). The van der Waals surface area contributed by atoms with Gasteiger partial charge in [0.15, 0.2) is 5.96 Å². The quantitative estimate of drug-likeness (QED) is 0.524. The number of aliphatic imine (C=N–C) groups is 1. The molecule has 0 aliphatic carbocycles. The number of likely N-dealkylation sites (tertiary alicyclic amines) is 1. The molecule has 0 spiro atoms. The average Bonchev–Trinajstić information content (AvgIpc) is 2.77. The van der Waals surface area contributed by atoms with Gasteiger partial charge in [-0.1, -0.05) is 18.2 Å². The molecule has 1 aromatic heterocycles. The highest BCUT2D eigenvalue weighted by Gasteiger charge is 2.21. The summed E-state index contributed by atoms with van der Waals surface area (Å²) in [6.07, 6.45) is 4.36. The van der Waals surface area contributed by atoms with E-state index in [4.69, 9.17) is 20.9 Å². The number of guanidine groups is 1. The Labute approximate surface area is 180 Å². The van der Waals surface area contributed by atoms with E-state index in [1.807, 2.05) is 29.2 Å². The maximum Gasteiger partial charge on any atom is 0.437 e. The van der Waals surface area contributed by atoms with Crippen molar-refractivity contribution in [3.8, 4) is 17.1 Å². The van der Waals surface area contributed by atoms with Gasteiger partial charge in [-0.25, -0.2) is 14.8 Å². The Hall–Kier alpha value is -3.69. The lowest BCUT2D eigenvalue weighted by Crippen LogP contribution is -2.38. The molecule has 1 aliphatic heterocycles. The first kappa shape index (κ1) is 22.0. The number of amides is 2. The van der Waals surface area contributed by atoms with Gasteiger partial charge in [-0.2, -0.15) is 0 Å². The van der Waals surface area contributed by atoms with E-state index in [0.717, 1.165) is 42.6 Å². The maximum atomic E-state index is 11.4. The molecule has 0 radical (unpaired) electrons. The summed E-state index contributed by atoms with van der Waals surface area (Å²) in [6, 6.07) is 7.76. The van der Waals surface area contributed by atoms with Crippen molar-refractivity contribution in [1.29, 1.82) is 0 Å². The highest BCUT2D eigenvalue weighted by molar-refractivity contribution is 5.87. The second-order valence-corrected chi connectivity index (χ2v) is 7.31. The van der Waals surface area contributed by atoms with Gasteiger partial charge in [-0.3, -0.25) is 4.79 Å². The lowest BCUT2D eigenvalue weighted by molar-refractivity contribution is -0.130. The number of nitrogens with zero attached hydrogens (tertiary/aromatic N) is 4. The number of carbonyl (C=O) groups excluding carboxylic acids is 2. The Morgan fingerprint density at radius 1 is 1.16 bits per heavy atom. The Kier molecular flexibility index (Phi) is 7.36. The van der Waals surface area contributed by atoms with Crippen molar-refractivity contribution in [2.24, 2.45) is 22.4 Å². The van der Waals surface area contributed by atoms with Crippen molar-refractivity contribution in [3.63, 3.8) is 0 Å². The summed E-state index contributed by atoms with van der Waals surface area (Å²) in [7, 11) is 0. The largest absolute Gasteiger partial charge is 0.463 e. The number of carbonyl (C=O) groups is 2. The molecular formula is C21H26N6O4. The zero-order valence-electron chi connectivity index (χ0n) is 17.4. The van der Waals surface area contributed by atoms with Gasteiger partial charge in [0.1, 0.15) is 6.61 Å². The molecule has 0 unspecified atom stereocenters. The van der Waals surface area contributed by atoms with Crippen molar-refractivity contribution in [3.05, 3.63) is 42.2 Å². The molecule has 10 nitrogen and oxygen atoms in total. The summed E-state index contributed by atoms with van der Waals surface area (Å²) >= 11 is 0. The second kappa shape index (κ2) is 10.4. The van der Waals surface area contributed by atoms with Crippen molar-refractivity contribution >= 4 is 18.0 Å². The fourth-order valence-electron chi connectivity index (χ4n) is 3.27. The maximum absolute atomic E-state index is 11.4. The molecule has 2 amide bonds. The fourth-order valence-corrected chi connectivity index (χ4v) is 3.27. The van der Waals surface area contributed by atoms with Gasteiger partial charge in [0, 0.05) is 38.0 Å². The van der Waals surface area contributed by atoms with Crippen LogP contribution in [-0.2, 0) is 16.1 Å². The van der Waals surface area contributed by atoms with E-state index in [2.05, 4.69) is 15.0 Å². The Bertz CT molecular complexity index is 935. The molecule has 0 atom stereocenters. The van der Waals surface area contributed by atoms with Crippen molar-refractivity contribution in [2.75, 3.05) is 19.7 Å². The summed E-state index contributed by atoms with van der Waals surface area (Å²) < 4.78 is 10.7. The number of ether oxygens (including phenoxy) is 2. The van der Waals surface area contributed by atoms with Gasteiger partial charge in [0.25, 0.3) is 0 Å². The van der Waals surface area contributed by atoms with E-state index < -0.39 is 6.09 Å². The Balaban J connectivity index is 1.52. The van der Waals surface area contributed by atoms with Gasteiger partial charge < -0.3 is 25.8 Å². The van der Waals surface area contributed by atoms with Crippen LogP contribution < -0.4 is 16.2 Å². The van der Waals surface area contributed by atoms with Crippen LogP contribution >= 0.6 is 0 Å². The molecule has 1 saturated heterocycles. The van der Waals surface area contributed by atoms with Crippen LogP contribution in [0.4, 0.5) is 4.79 Å². The molecule has 3 rings (SSSR count). The second-order valence-electron chi connectivity index (χ2n) is 7.31. The molecule has 4 N–H and O–H groups in total. The number of hydrogen-bond donors (Lipinski definition) is 2. The summed E-state index contributed by atoms with van der Waals surface area (Å²) in [6.45, 7) is 3.69. The van der Waals surface area contributed by atoms with Crippen LogP contribution in [0.2, 0.25) is 0 Å². The van der Waals surface area contributed by atoms with Gasteiger partial charge >= 0.3 is 12.1 Å². The minimum Gasteiger partial charge on any atom is -0.463 e. The van der Waals surface area contributed by atoms with Crippen LogP contribution in [0.15, 0.2) is 41.7 Å². The predicted octanol–water partition coefficient (Wildman–Crippen LogP) is 1.69. The SMILES string of the molecule is CC(=O)N1CCC(COc2ncc(-c3cccc(COC(=O)N=C(N)N)c3)cn2)CC1. The predicted molar refractivity (Wildman–Crippen MR) is 114 cm³/mol. The van der Waals surface area contributed by atoms with E-state index in [-0.39, 0.29) is 18.5 Å². The smallest absolute Gasteiger partial charge is 0.437 e. The Morgan fingerprint density at radius 2 is 1.87 bits per heavy atom. The molecule has 10 heteroatoms. The molecule has 2 heterocycles. The normalized spacial score (nSPS) is 14.0. The fraction of sp³-hybridized carbons (Fsp3) is 0.381. The van der Waals surface area contributed by atoms with E-state index in [9.17, 15) is 9.59 Å². The van der Waals surface area contributed by atoms with E-state index >= 15 is 0 Å². The number of aromatic nitrogens is 2. The van der Waals surface area contributed by atoms with E-state index in [1.54, 1.807) is 19.3 Å². The lowest BCUT2D eigenvalue weighted by Gasteiger charge is -2.30. The van der Waals surface area contributed by atoms with Crippen LogP contribution in [0.5, 0.6) is 6.01 Å². The number of nitrogens with two attached hydrogens (primary N) is 2. The highest BCUT2D eigenvalue weighted by atomic mass is 16.5. The molecule has 1 aromatic carbocycles. The van der Waals surface area contributed by atoms with Crippen molar-refractivity contribution in [2.45, 2.75) is 26.4 Å². The van der Waals surface area contributed by atoms with Gasteiger partial charge in [-0.15, -0.1) is 4.99 Å². The van der Waals surface area contributed by atoms with Crippen LogP contribution in [0.25, 0.3) is 11.1 Å². The van der Waals surface area contributed by atoms with E-state index in [1.165, 1.54) is 0 Å². The highest BCUT2D eigenvalue weighted by Crippen LogP contribution is 2.22. The lowest BCUT2D eigenvalue weighted by atomic mass is 9.98. The summed E-state index contributed by atoms with van der Waals surface area (Å²) in [5.41, 5.74) is 12.7. The number of hydrogen-bond acceptors (Lipinski definition) is 6. The number of benzene rings is 1. The molecule has 2 aromatic rings. The van der Waals surface area contributed by atoms with Crippen LogP contribution in [0, 0.1) is 5.92 Å². The zero-order chi connectivity index (χ0) is 22.2. The van der Waals surface area contributed by atoms with Gasteiger partial charge in [0.05, 0.1) is 6.61 Å². The first-order chi connectivity index (χ1) is 14.9. The van der Waals surface area contributed by atoms with Gasteiger partial charge in [0.2, 0.25) is 5.91 Å². The minimum atomic E-state index is -0.845. The van der Waals surface area contributed by atoms with Crippen molar-refractivity contribution < 1.29 is 19.1 Å². The monoisotopic (exact) mass is 426 g/mol. The minimum absolute atomic E-state index is 0.0357. The molecular weight excluding hydrogens is 400 g/mol. The summed E-state index contributed by atoms with van der Waals surface area (Å²) in [5, 5.41) is 0. The van der Waals surface area contributed by atoms with Crippen LogP contribution in [0.3, 0.4) is 0 Å².